The van der Waals surface area contributed by atoms with Crippen LogP contribution in [0.3, 0.4) is 0 Å². The third kappa shape index (κ3) is 8.80. The van der Waals surface area contributed by atoms with Gasteiger partial charge in [-0.2, -0.15) is 0 Å². The maximum absolute atomic E-state index is 8.84. The molecule has 24 heavy (non-hydrogen) atoms. The lowest BCUT2D eigenvalue weighted by Crippen LogP contribution is -2.21. The van der Waals surface area contributed by atoms with Crippen molar-refractivity contribution < 1.29 is 20.4 Å². The van der Waals surface area contributed by atoms with Crippen molar-refractivity contribution in [3.05, 3.63) is 0 Å². The predicted molar refractivity (Wildman–Crippen MR) is 97.7 cm³/mol. The summed E-state index contributed by atoms with van der Waals surface area (Å²) in [6, 6.07) is 0. The third-order valence-electron chi connectivity index (χ3n) is 6.03. The van der Waals surface area contributed by atoms with Gasteiger partial charge in [0.05, 0.1) is 0 Å². The van der Waals surface area contributed by atoms with Crippen molar-refractivity contribution in [2.24, 2.45) is 23.7 Å². The lowest BCUT2D eigenvalue weighted by Gasteiger charge is -2.30. The molecule has 2 saturated carbocycles. The van der Waals surface area contributed by atoms with E-state index in [-0.39, 0.29) is 0 Å². The van der Waals surface area contributed by atoms with Crippen molar-refractivity contribution in [1.82, 2.24) is 0 Å². The van der Waals surface area contributed by atoms with Crippen LogP contribution in [0.1, 0.15) is 77.0 Å². The lowest BCUT2D eigenvalue weighted by molar-refractivity contribution is 0.144. The number of hydrogen-bond acceptors (Lipinski definition) is 4. The number of aliphatic hydroxyl groups excluding tert-OH is 4. The number of aliphatic hydroxyl groups is 4. The average Bonchev–Trinajstić information content (AvgIpc) is 2.59. The van der Waals surface area contributed by atoms with E-state index in [0.29, 0.717) is 38.3 Å². The Morgan fingerprint density at radius 1 is 0.500 bits per heavy atom. The van der Waals surface area contributed by atoms with Gasteiger partial charge in [-0.15, -0.1) is 0 Å². The fourth-order valence-corrected chi connectivity index (χ4v) is 4.67. The van der Waals surface area contributed by atoms with Crippen molar-refractivity contribution in [3.8, 4) is 0 Å². The molecule has 0 aromatic carbocycles. The van der Waals surface area contributed by atoms with Crippen LogP contribution in [-0.4, -0.2) is 46.9 Å². The molecule has 2 aliphatic rings. The lowest BCUT2D eigenvalue weighted by atomic mass is 9.76. The molecule has 0 saturated heterocycles. The highest BCUT2D eigenvalue weighted by Crippen LogP contribution is 2.34. The summed E-state index contributed by atoms with van der Waals surface area (Å²) >= 11 is 0. The minimum Gasteiger partial charge on any atom is -0.396 e. The highest BCUT2D eigenvalue weighted by atomic mass is 16.3. The molecule has 2 aliphatic carbocycles. The smallest absolute Gasteiger partial charge is 0.0433 e. The molecule has 4 unspecified atom stereocenters. The first-order valence-electron chi connectivity index (χ1n) is 10.2. The SMILES string of the molecule is OCCC1CCCC(CCO)C1.OCCC1CCCCC1CCO. The van der Waals surface area contributed by atoms with Gasteiger partial charge in [-0.25, -0.2) is 0 Å². The van der Waals surface area contributed by atoms with Crippen molar-refractivity contribution >= 4 is 0 Å². The second-order valence-electron chi connectivity index (χ2n) is 7.75. The summed E-state index contributed by atoms with van der Waals surface area (Å²) in [5.41, 5.74) is 0. The number of hydrogen-bond donors (Lipinski definition) is 4. The predicted octanol–water partition coefficient (Wildman–Crippen LogP) is 3.12. The van der Waals surface area contributed by atoms with Crippen molar-refractivity contribution in [3.63, 3.8) is 0 Å². The molecule has 0 radical (unpaired) electrons. The molecule has 0 amide bonds. The minimum atomic E-state index is 0.312. The van der Waals surface area contributed by atoms with E-state index in [9.17, 15) is 0 Å². The first-order valence-corrected chi connectivity index (χ1v) is 10.2. The zero-order valence-corrected chi connectivity index (χ0v) is 15.4. The Morgan fingerprint density at radius 3 is 1.29 bits per heavy atom. The Balaban J connectivity index is 0.000000240. The van der Waals surface area contributed by atoms with Crippen molar-refractivity contribution in [1.29, 1.82) is 0 Å². The van der Waals surface area contributed by atoms with E-state index >= 15 is 0 Å². The Bertz CT molecular complexity index is 251. The van der Waals surface area contributed by atoms with Crippen LogP contribution in [0.15, 0.2) is 0 Å². The van der Waals surface area contributed by atoms with Crippen molar-refractivity contribution in [2.45, 2.75) is 77.0 Å². The summed E-state index contributed by atoms with van der Waals surface area (Å²) in [6.07, 6.45) is 14.0. The zero-order valence-electron chi connectivity index (χ0n) is 15.4. The molecular weight excluding hydrogens is 304 g/mol. The van der Waals surface area contributed by atoms with Gasteiger partial charge < -0.3 is 20.4 Å². The van der Waals surface area contributed by atoms with E-state index < -0.39 is 0 Å². The maximum atomic E-state index is 8.84. The van der Waals surface area contributed by atoms with Crippen LogP contribution in [0, 0.1) is 23.7 Å². The van der Waals surface area contributed by atoms with Crippen LogP contribution >= 0.6 is 0 Å². The Hall–Kier alpha value is -0.160. The van der Waals surface area contributed by atoms with Crippen LogP contribution in [0.5, 0.6) is 0 Å². The molecule has 0 aliphatic heterocycles. The average molecular weight is 345 g/mol. The second-order valence-corrected chi connectivity index (χ2v) is 7.75. The molecule has 0 heterocycles. The molecule has 4 nitrogen and oxygen atoms in total. The summed E-state index contributed by atoms with van der Waals surface area (Å²) in [7, 11) is 0. The molecule has 4 atom stereocenters. The molecule has 0 aromatic heterocycles. The van der Waals surface area contributed by atoms with E-state index in [1.54, 1.807) is 0 Å². The zero-order chi connectivity index (χ0) is 17.6. The van der Waals surface area contributed by atoms with Gasteiger partial charge in [0.25, 0.3) is 0 Å². The summed E-state index contributed by atoms with van der Waals surface area (Å²) < 4.78 is 0. The molecule has 2 fully saturated rings. The van der Waals surface area contributed by atoms with E-state index in [2.05, 4.69) is 0 Å². The maximum Gasteiger partial charge on any atom is 0.0433 e. The molecule has 4 heteroatoms. The van der Waals surface area contributed by atoms with Gasteiger partial charge >= 0.3 is 0 Å². The highest BCUT2D eigenvalue weighted by molar-refractivity contribution is 4.75. The van der Waals surface area contributed by atoms with E-state index in [0.717, 1.165) is 37.5 Å². The molecule has 0 spiro atoms. The quantitative estimate of drug-likeness (QED) is 0.545. The summed E-state index contributed by atoms with van der Waals surface area (Å²) in [5.74, 6) is 2.80. The van der Waals surface area contributed by atoms with Crippen LogP contribution in [0.2, 0.25) is 0 Å². The first kappa shape index (κ1) is 21.9. The van der Waals surface area contributed by atoms with Gasteiger partial charge in [-0.05, 0) is 55.8 Å². The third-order valence-corrected chi connectivity index (χ3v) is 6.03. The Morgan fingerprint density at radius 2 is 0.917 bits per heavy atom. The summed E-state index contributed by atoms with van der Waals surface area (Å²) in [5, 5.41) is 35.3. The first-order chi connectivity index (χ1) is 11.7. The monoisotopic (exact) mass is 344 g/mol. The summed E-state index contributed by atoms with van der Waals surface area (Å²) in [6.45, 7) is 1.28. The molecule has 4 N–H and O–H groups in total. The van der Waals surface area contributed by atoms with Crippen LogP contribution in [0.25, 0.3) is 0 Å². The molecule has 0 bridgehead atoms. The van der Waals surface area contributed by atoms with Gasteiger partial charge in [0.2, 0.25) is 0 Å². The molecule has 144 valence electrons. The van der Waals surface area contributed by atoms with Gasteiger partial charge in [-0.1, -0.05) is 44.9 Å². The Labute approximate surface area is 148 Å². The van der Waals surface area contributed by atoms with Crippen molar-refractivity contribution in [2.75, 3.05) is 26.4 Å². The normalized spacial score (nSPS) is 30.5. The van der Waals surface area contributed by atoms with Gasteiger partial charge in [-0.3, -0.25) is 0 Å². The Kier molecular flexibility index (Phi) is 12.8. The van der Waals surface area contributed by atoms with Crippen LogP contribution < -0.4 is 0 Å². The number of rotatable bonds is 8. The van der Waals surface area contributed by atoms with Gasteiger partial charge in [0.15, 0.2) is 0 Å². The minimum absolute atomic E-state index is 0.312. The summed E-state index contributed by atoms with van der Waals surface area (Å²) in [4.78, 5) is 0. The highest BCUT2D eigenvalue weighted by Gasteiger charge is 2.23. The fourth-order valence-electron chi connectivity index (χ4n) is 4.67. The van der Waals surface area contributed by atoms with Crippen LogP contribution in [-0.2, 0) is 0 Å². The van der Waals surface area contributed by atoms with Gasteiger partial charge in [0.1, 0.15) is 0 Å². The van der Waals surface area contributed by atoms with E-state index in [1.165, 1.54) is 51.4 Å². The molecule has 2 rings (SSSR count). The van der Waals surface area contributed by atoms with Crippen LogP contribution in [0.4, 0.5) is 0 Å². The van der Waals surface area contributed by atoms with Gasteiger partial charge in [0, 0.05) is 26.4 Å². The molecule has 0 aromatic rings. The topological polar surface area (TPSA) is 80.9 Å². The van der Waals surface area contributed by atoms with E-state index in [4.69, 9.17) is 20.4 Å². The van der Waals surface area contributed by atoms with E-state index in [1.807, 2.05) is 0 Å². The second kappa shape index (κ2) is 14.1. The molecular formula is C20H40O4. The largest absolute Gasteiger partial charge is 0.396 e. The standard InChI is InChI=1S/2C10H20O2/c11-6-4-9-2-1-3-10(8-9)5-7-12;11-7-5-9-3-1-2-4-10(9)6-8-12/h2*9-12H,1-8H2. The fraction of sp³-hybridized carbons (Fsp3) is 1.00.